The van der Waals surface area contributed by atoms with Gasteiger partial charge in [0.25, 0.3) is 5.91 Å². The average molecular weight is 414 g/mol. The van der Waals surface area contributed by atoms with Gasteiger partial charge in [-0.2, -0.15) is 0 Å². The summed E-state index contributed by atoms with van der Waals surface area (Å²) in [5.41, 5.74) is 1.66. The fourth-order valence-electron chi connectivity index (χ4n) is 3.19. The van der Waals surface area contributed by atoms with Crippen LogP contribution in [0.15, 0.2) is 35.7 Å². The summed E-state index contributed by atoms with van der Waals surface area (Å²) < 4.78 is 0. The number of thiazole rings is 1. The van der Waals surface area contributed by atoms with E-state index in [0.29, 0.717) is 11.7 Å². The molecular formula is C19H25Cl2N3OS. The van der Waals surface area contributed by atoms with E-state index in [2.05, 4.69) is 10.3 Å². The Morgan fingerprint density at radius 2 is 1.81 bits per heavy atom. The van der Waals surface area contributed by atoms with Crippen molar-refractivity contribution in [2.45, 2.75) is 31.7 Å². The predicted molar refractivity (Wildman–Crippen MR) is 112 cm³/mol. The number of nitrogens with zero attached hydrogens (tertiary/aromatic N) is 2. The summed E-state index contributed by atoms with van der Waals surface area (Å²) in [5.74, 6) is 0.991. The molecular weight excluding hydrogens is 389 g/mol. The Hall–Kier alpha value is -1.14. The SMILES string of the molecule is Cl.Cl.O=C(c1csc(-c2ccccc2)n1)N1CCC(NCC2CC2)CC1. The Morgan fingerprint density at radius 1 is 1.12 bits per heavy atom. The molecule has 0 radical (unpaired) electrons. The summed E-state index contributed by atoms with van der Waals surface area (Å²) in [7, 11) is 0. The van der Waals surface area contributed by atoms with Gasteiger partial charge in [0, 0.05) is 30.1 Å². The smallest absolute Gasteiger partial charge is 0.273 e. The van der Waals surface area contributed by atoms with Crippen LogP contribution in [0.2, 0.25) is 0 Å². The van der Waals surface area contributed by atoms with E-state index in [4.69, 9.17) is 0 Å². The number of likely N-dealkylation sites (tertiary alicyclic amines) is 1. The lowest BCUT2D eigenvalue weighted by Crippen LogP contribution is -2.45. The lowest BCUT2D eigenvalue weighted by molar-refractivity contribution is 0.0700. The van der Waals surface area contributed by atoms with Crippen LogP contribution in [0.3, 0.4) is 0 Å². The van der Waals surface area contributed by atoms with Gasteiger partial charge in [-0.3, -0.25) is 4.79 Å². The minimum Gasteiger partial charge on any atom is -0.337 e. The number of rotatable bonds is 5. The van der Waals surface area contributed by atoms with Crippen molar-refractivity contribution in [3.63, 3.8) is 0 Å². The fourth-order valence-corrected chi connectivity index (χ4v) is 3.99. The normalized spacial score (nSPS) is 17.3. The molecule has 1 saturated carbocycles. The molecule has 1 N–H and O–H groups in total. The van der Waals surface area contributed by atoms with Gasteiger partial charge >= 0.3 is 0 Å². The minimum atomic E-state index is 0. The minimum absolute atomic E-state index is 0. The standard InChI is InChI=1S/C19H23N3OS.2ClH/c23-19(17-13-24-18(21-17)15-4-2-1-3-5-15)22-10-8-16(9-11-22)20-12-14-6-7-14;;/h1-5,13-14,16,20H,6-12H2;2*1H. The molecule has 0 spiro atoms. The van der Waals surface area contributed by atoms with E-state index in [-0.39, 0.29) is 30.7 Å². The molecule has 1 aliphatic heterocycles. The molecule has 142 valence electrons. The van der Waals surface area contributed by atoms with Crippen LogP contribution in [0, 0.1) is 5.92 Å². The highest BCUT2D eigenvalue weighted by Crippen LogP contribution is 2.28. The molecule has 0 bridgehead atoms. The fraction of sp³-hybridized carbons (Fsp3) is 0.474. The van der Waals surface area contributed by atoms with Gasteiger partial charge in [-0.1, -0.05) is 30.3 Å². The highest BCUT2D eigenvalue weighted by molar-refractivity contribution is 7.13. The van der Waals surface area contributed by atoms with Crippen LogP contribution in [0.5, 0.6) is 0 Å². The molecule has 7 heteroatoms. The maximum atomic E-state index is 12.7. The number of hydrogen-bond donors (Lipinski definition) is 1. The monoisotopic (exact) mass is 413 g/mol. The number of aromatic nitrogens is 1. The van der Waals surface area contributed by atoms with E-state index >= 15 is 0 Å². The first-order valence-corrected chi connectivity index (χ1v) is 9.71. The van der Waals surface area contributed by atoms with E-state index < -0.39 is 0 Å². The van der Waals surface area contributed by atoms with Gasteiger partial charge in [-0.05, 0) is 38.1 Å². The molecule has 1 aromatic carbocycles. The molecule has 2 fully saturated rings. The summed E-state index contributed by atoms with van der Waals surface area (Å²) in [6.07, 6.45) is 4.87. The molecule has 1 amide bonds. The van der Waals surface area contributed by atoms with Crippen LogP contribution in [-0.2, 0) is 0 Å². The van der Waals surface area contributed by atoms with Crippen molar-refractivity contribution < 1.29 is 4.79 Å². The van der Waals surface area contributed by atoms with Crippen molar-refractivity contribution in [1.82, 2.24) is 15.2 Å². The number of hydrogen-bond acceptors (Lipinski definition) is 4. The summed E-state index contributed by atoms with van der Waals surface area (Å²) in [4.78, 5) is 19.2. The second-order valence-electron chi connectivity index (χ2n) is 6.82. The second-order valence-corrected chi connectivity index (χ2v) is 7.68. The summed E-state index contributed by atoms with van der Waals surface area (Å²) >= 11 is 1.54. The van der Waals surface area contributed by atoms with Crippen molar-refractivity contribution >= 4 is 42.1 Å². The lowest BCUT2D eigenvalue weighted by atomic mass is 10.0. The third-order valence-corrected chi connectivity index (χ3v) is 5.81. The van der Waals surface area contributed by atoms with Crippen LogP contribution >= 0.6 is 36.2 Å². The van der Waals surface area contributed by atoms with Gasteiger partial charge in [0.05, 0.1) is 0 Å². The zero-order chi connectivity index (χ0) is 16.4. The zero-order valence-corrected chi connectivity index (χ0v) is 17.0. The first-order valence-electron chi connectivity index (χ1n) is 8.83. The van der Waals surface area contributed by atoms with E-state index in [1.807, 2.05) is 40.6 Å². The van der Waals surface area contributed by atoms with Crippen molar-refractivity contribution in [1.29, 1.82) is 0 Å². The Labute approximate surface area is 171 Å². The maximum absolute atomic E-state index is 12.7. The molecule has 4 nitrogen and oxygen atoms in total. The number of nitrogens with one attached hydrogen (secondary N) is 1. The largest absolute Gasteiger partial charge is 0.337 e. The molecule has 1 saturated heterocycles. The topological polar surface area (TPSA) is 45.2 Å². The number of amides is 1. The lowest BCUT2D eigenvalue weighted by Gasteiger charge is -2.32. The Kier molecular flexibility index (Phi) is 7.89. The maximum Gasteiger partial charge on any atom is 0.273 e. The van der Waals surface area contributed by atoms with E-state index in [9.17, 15) is 4.79 Å². The van der Waals surface area contributed by atoms with Crippen LogP contribution in [-0.4, -0.2) is 41.5 Å². The summed E-state index contributed by atoms with van der Waals surface area (Å²) in [5, 5.41) is 6.46. The average Bonchev–Trinajstić information content (AvgIpc) is 3.34. The van der Waals surface area contributed by atoms with Gasteiger partial charge < -0.3 is 10.2 Å². The van der Waals surface area contributed by atoms with Crippen molar-refractivity contribution in [2.24, 2.45) is 5.92 Å². The number of carbonyl (C=O) groups excluding carboxylic acids is 1. The van der Waals surface area contributed by atoms with Gasteiger partial charge in [0.1, 0.15) is 10.7 Å². The van der Waals surface area contributed by atoms with Gasteiger partial charge in [0.15, 0.2) is 0 Å². The number of halogens is 2. The van der Waals surface area contributed by atoms with Crippen molar-refractivity contribution in [3.8, 4) is 10.6 Å². The molecule has 0 unspecified atom stereocenters. The van der Waals surface area contributed by atoms with Crippen molar-refractivity contribution in [3.05, 3.63) is 41.4 Å². The van der Waals surface area contributed by atoms with Crippen LogP contribution in [0.25, 0.3) is 10.6 Å². The van der Waals surface area contributed by atoms with Crippen LogP contribution in [0.4, 0.5) is 0 Å². The molecule has 1 aliphatic carbocycles. The first kappa shape index (κ1) is 21.2. The number of piperidine rings is 1. The highest BCUT2D eigenvalue weighted by Gasteiger charge is 2.27. The molecule has 2 heterocycles. The summed E-state index contributed by atoms with van der Waals surface area (Å²) in [6.45, 7) is 2.82. The Balaban J connectivity index is 0.00000121. The first-order chi connectivity index (χ1) is 11.8. The molecule has 26 heavy (non-hydrogen) atoms. The van der Waals surface area contributed by atoms with Crippen LogP contribution in [0.1, 0.15) is 36.2 Å². The molecule has 1 aromatic heterocycles. The van der Waals surface area contributed by atoms with E-state index in [0.717, 1.165) is 49.0 Å². The third kappa shape index (κ3) is 5.19. The van der Waals surface area contributed by atoms with E-state index in [1.165, 1.54) is 12.8 Å². The highest BCUT2D eigenvalue weighted by atomic mass is 35.5. The predicted octanol–water partition coefficient (Wildman–Crippen LogP) is 4.26. The van der Waals surface area contributed by atoms with Crippen LogP contribution < -0.4 is 5.32 Å². The molecule has 4 rings (SSSR count). The second kappa shape index (κ2) is 9.70. The number of benzene rings is 1. The number of carbonyl (C=O) groups is 1. The molecule has 2 aliphatic rings. The van der Waals surface area contributed by atoms with Crippen molar-refractivity contribution in [2.75, 3.05) is 19.6 Å². The van der Waals surface area contributed by atoms with Gasteiger partial charge in [-0.25, -0.2) is 4.98 Å². The Morgan fingerprint density at radius 3 is 2.46 bits per heavy atom. The summed E-state index contributed by atoms with van der Waals surface area (Å²) in [6, 6.07) is 10.6. The zero-order valence-electron chi connectivity index (χ0n) is 14.6. The molecule has 2 aromatic rings. The van der Waals surface area contributed by atoms with Gasteiger partial charge in [-0.15, -0.1) is 36.2 Å². The van der Waals surface area contributed by atoms with Gasteiger partial charge in [0.2, 0.25) is 0 Å². The van der Waals surface area contributed by atoms with E-state index in [1.54, 1.807) is 11.3 Å². The quantitative estimate of drug-likeness (QED) is 0.795. The molecule has 0 atom stereocenters. The Bertz CT molecular complexity index is 698. The third-order valence-electron chi connectivity index (χ3n) is 4.92.